The zero-order valence-corrected chi connectivity index (χ0v) is 17.2. The van der Waals surface area contributed by atoms with Crippen molar-refractivity contribution in [3.8, 4) is 5.75 Å². The van der Waals surface area contributed by atoms with Gasteiger partial charge in [-0.05, 0) is 63.0 Å². The van der Waals surface area contributed by atoms with E-state index in [0.717, 1.165) is 49.7 Å². The second kappa shape index (κ2) is 11.9. The van der Waals surface area contributed by atoms with Crippen LogP contribution in [0.2, 0.25) is 0 Å². The molecule has 2 aromatic rings. The molecule has 1 fully saturated rings. The molecule has 0 radical (unpaired) electrons. The number of unbranched alkanes of at least 4 members (excludes halogenated alkanes) is 3. The molecule has 1 aromatic heterocycles. The number of aryl methyl sites for hydroxylation is 1. The van der Waals surface area contributed by atoms with Crippen LogP contribution in [0, 0.1) is 0 Å². The van der Waals surface area contributed by atoms with Gasteiger partial charge in [0, 0.05) is 31.3 Å². The van der Waals surface area contributed by atoms with Gasteiger partial charge in [0.1, 0.15) is 11.6 Å². The van der Waals surface area contributed by atoms with Crippen LogP contribution in [0.4, 0.5) is 0 Å². The van der Waals surface area contributed by atoms with Gasteiger partial charge in [-0.15, -0.1) is 0 Å². The first kappa shape index (κ1) is 20.9. The van der Waals surface area contributed by atoms with Crippen molar-refractivity contribution >= 4 is 0 Å². The normalized spacial score (nSPS) is 15.0. The fourth-order valence-electron chi connectivity index (χ4n) is 3.86. The number of piperidine rings is 1. The Morgan fingerprint density at radius 1 is 1.04 bits per heavy atom. The lowest BCUT2D eigenvalue weighted by Crippen LogP contribution is -2.29. The summed E-state index contributed by atoms with van der Waals surface area (Å²) in [5, 5.41) is 0. The van der Waals surface area contributed by atoms with E-state index in [1.807, 2.05) is 6.20 Å². The van der Waals surface area contributed by atoms with Crippen molar-refractivity contribution in [1.29, 1.82) is 0 Å². The molecule has 2 heterocycles. The summed E-state index contributed by atoms with van der Waals surface area (Å²) >= 11 is 0. The Kier molecular flexibility index (Phi) is 8.85. The number of likely N-dealkylation sites (tertiary alicyclic amines) is 1. The van der Waals surface area contributed by atoms with Crippen molar-refractivity contribution in [3.63, 3.8) is 0 Å². The molecule has 1 aliphatic heterocycles. The van der Waals surface area contributed by atoms with Crippen LogP contribution in [-0.4, -0.2) is 41.1 Å². The number of aromatic amines is 1. The molecule has 28 heavy (non-hydrogen) atoms. The van der Waals surface area contributed by atoms with Crippen molar-refractivity contribution in [2.45, 2.75) is 64.3 Å². The Bertz CT molecular complexity index is 679. The number of benzene rings is 1. The molecular weight excluding hydrogens is 348 g/mol. The predicted octanol–water partition coefficient (Wildman–Crippen LogP) is 4.08. The van der Waals surface area contributed by atoms with E-state index < -0.39 is 0 Å². The zero-order chi connectivity index (χ0) is 19.4. The molecule has 0 amide bonds. The number of nitrogens with zero attached hydrogens (tertiary/aromatic N) is 2. The summed E-state index contributed by atoms with van der Waals surface area (Å²) in [6.07, 6.45) is 12.6. The van der Waals surface area contributed by atoms with Gasteiger partial charge in [0.15, 0.2) is 0 Å². The summed E-state index contributed by atoms with van der Waals surface area (Å²) < 4.78 is 5.98. The van der Waals surface area contributed by atoms with Gasteiger partial charge in [-0.3, -0.25) is 4.90 Å². The number of nitrogens with two attached hydrogens (primary N) is 1. The standard InChI is InChI=1S/C23H36N4O/c24-13-12-21-18-25-23(26-21)11-4-1-2-7-16-28-22-10-8-9-20(17-22)19-27-14-5-3-6-15-27/h8-10,17-18H,1-7,11-16,19,24H2,(H,25,26). The van der Waals surface area contributed by atoms with Gasteiger partial charge in [-0.1, -0.05) is 31.4 Å². The van der Waals surface area contributed by atoms with Crippen molar-refractivity contribution in [2.24, 2.45) is 5.73 Å². The van der Waals surface area contributed by atoms with Gasteiger partial charge < -0.3 is 15.5 Å². The number of nitrogens with one attached hydrogen (secondary N) is 1. The summed E-state index contributed by atoms with van der Waals surface area (Å²) in [5.74, 6) is 2.10. The summed E-state index contributed by atoms with van der Waals surface area (Å²) in [7, 11) is 0. The van der Waals surface area contributed by atoms with Gasteiger partial charge in [-0.25, -0.2) is 4.98 Å². The third-order valence-corrected chi connectivity index (χ3v) is 5.42. The van der Waals surface area contributed by atoms with E-state index in [-0.39, 0.29) is 0 Å². The molecule has 5 heteroatoms. The maximum Gasteiger partial charge on any atom is 0.119 e. The SMILES string of the molecule is NCCc1cnc(CCCCCCOc2cccc(CN3CCCCC3)c2)[nH]1. The van der Waals surface area contributed by atoms with Crippen LogP contribution in [-0.2, 0) is 19.4 Å². The van der Waals surface area contributed by atoms with E-state index >= 15 is 0 Å². The lowest BCUT2D eigenvalue weighted by Gasteiger charge is -2.26. The average Bonchev–Trinajstić information content (AvgIpc) is 3.16. The first-order chi connectivity index (χ1) is 13.8. The average molecular weight is 385 g/mol. The maximum absolute atomic E-state index is 5.98. The van der Waals surface area contributed by atoms with Crippen molar-refractivity contribution in [3.05, 3.63) is 47.5 Å². The number of H-pyrrole nitrogens is 1. The molecule has 0 unspecified atom stereocenters. The molecule has 0 saturated carbocycles. The molecule has 0 bridgehead atoms. The fourth-order valence-corrected chi connectivity index (χ4v) is 3.86. The monoisotopic (exact) mass is 384 g/mol. The highest BCUT2D eigenvalue weighted by atomic mass is 16.5. The number of hydrogen-bond donors (Lipinski definition) is 2. The second-order valence-corrected chi connectivity index (χ2v) is 7.89. The van der Waals surface area contributed by atoms with Crippen LogP contribution < -0.4 is 10.5 Å². The van der Waals surface area contributed by atoms with E-state index in [9.17, 15) is 0 Å². The Labute approximate surface area is 169 Å². The number of rotatable bonds is 12. The van der Waals surface area contributed by atoms with Crippen molar-refractivity contribution in [2.75, 3.05) is 26.2 Å². The third kappa shape index (κ3) is 7.28. The van der Waals surface area contributed by atoms with E-state index in [2.05, 4.69) is 39.1 Å². The number of aromatic nitrogens is 2. The lowest BCUT2D eigenvalue weighted by atomic mass is 10.1. The Balaban J connectivity index is 1.27. The summed E-state index contributed by atoms with van der Waals surface area (Å²) in [6.45, 7) is 4.99. The van der Waals surface area contributed by atoms with Gasteiger partial charge in [0.25, 0.3) is 0 Å². The highest BCUT2D eigenvalue weighted by molar-refractivity contribution is 5.28. The lowest BCUT2D eigenvalue weighted by molar-refractivity contribution is 0.220. The number of imidazole rings is 1. The first-order valence-electron chi connectivity index (χ1n) is 11.0. The molecule has 1 aliphatic rings. The molecule has 0 aliphatic carbocycles. The second-order valence-electron chi connectivity index (χ2n) is 7.89. The molecule has 5 nitrogen and oxygen atoms in total. The molecule has 0 spiro atoms. The minimum atomic E-state index is 0.669. The quantitative estimate of drug-likeness (QED) is 0.541. The first-order valence-corrected chi connectivity index (χ1v) is 11.0. The topological polar surface area (TPSA) is 67.2 Å². The molecule has 3 N–H and O–H groups in total. The van der Waals surface area contributed by atoms with Crippen LogP contribution in [0.15, 0.2) is 30.5 Å². The van der Waals surface area contributed by atoms with E-state index in [1.165, 1.54) is 57.2 Å². The Morgan fingerprint density at radius 2 is 1.89 bits per heavy atom. The van der Waals surface area contributed by atoms with Gasteiger partial charge in [0.05, 0.1) is 6.61 Å². The summed E-state index contributed by atoms with van der Waals surface area (Å²) in [6, 6.07) is 8.63. The molecule has 154 valence electrons. The minimum absolute atomic E-state index is 0.669. The minimum Gasteiger partial charge on any atom is -0.494 e. The van der Waals surface area contributed by atoms with E-state index in [1.54, 1.807) is 0 Å². The molecule has 0 atom stereocenters. The highest BCUT2D eigenvalue weighted by Crippen LogP contribution is 2.18. The van der Waals surface area contributed by atoms with Crippen molar-refractivity contribution in [1.82, 2.24) is 14.9 Å². The van der Waals surface area contributed by atoms with Crippen LogP contribution in [0.25, 0.3) is 0 Å². The molecule has 1 saturated heterocycles. The Morgan fingerprint density at radius 3 is 2.75 bits per heavy atom. The van der Waals surface area contributed by atoms with Gasteiger partial charge >= 0.3 is 0 Å². The third-order valence-electron chi connectivity index (χ3n) is 5.42. The van der Waals surface area contributed by atoms with E-state index in [0.29, 0.717) is 6.54 Å². The van der Waals surface area contributed by atoms with E-state index in [4.69, 9.17) is 10.5 Å². The number of ether oxygens (including phenoxy) is 1. The Hall–Kier alpha value is -1.85. The van der Waals surface area contributed by atoms with Crippen LogP contribution in [0.1, 0.15) is 62.0 Å². The van der Waals surface area contributed by atoms with Crippen LogP contribution >= 0.6 is 0 Å². The molecular formula is C23H36N4O. The van der Waals surface area contributed by atoms with Crippen LogP contribution in [0.5, 0.6) is 5.75 Å². The van der Waals surface area contributed by atoms with Crippen LogP contribution in [0.3, 0.4) is 0 Å². The number of hydrogen-bond acceptors (Lipinski definition) is 4. The maximum atomic E-state index is 5.98. The molecule has 3 rings (SSSR count). The molecule has 1 aromatic carbocycles. The summed E-state index contributed by atoms with van der Waals surface area (Å²) in [5.41, 5.74) is 8.08. The predicted molar refractivity (Wildman–Crippen MR) is 115 cm³/mol. The zero-order valence-electron chi connectivity index (χ0n) is 17.2. The summed E-state index contributed by atoms with van der Waals surface area (Å²) in [4.78, 5) is 10.3. The van der Waals surface area contributed by atoms with Gasteiger partial charge in [0.2, 0.25) is 0 Å². The van der Waals surface area contributed by atoms with Gasteiger partial charge in [-0.2, -0.15) is 0 Å². The fraction of sp³-hybridized carbons (Fsp3) is 0.609. The van der Waals surface area contributed by atoms with Crippen molar-refractivity contribution < 1.29 is 4.74 Å². The highest BCUT2D eigenvalue weighted by Gasteiger charge is 2.10. The smallest absolute Gasteiger partial charge is 0.119 e. The largest absolute Gasteiger partial charge is 0.494 e.